The van der Waals surface area contributed by atoms with Gasteiger partial charge in [-0.25, -0.2) is 13.4 Å². The highest BCUT2D eigenvalue weighted by atomic mass is 35.5. The number of H-pyrrole nitrogens is 1. The lowest BCUT2D eigenvalue weighted by atomic mass is 10.2. The van der Waals surface area contributed by atoms with Crippen LogP contribution in [-0.2, 0) is 20.4 Å². The van der Waals surface area contributed by atoms with Crippen LogP contribution in [0.25, 0.3) is 10.2 Å². The zero-order valence-electron chi connectivity index (χ0n) is 16.7. The van der Waals surface area contributed by atoms with Crippen LogP contribution < -0.4 is 10.9 Å². The number of aromatic nitrogens is 2. The second-order valence-electron chi connectivity index (χ2n) is 6.83. The highest BCUT2D eigenvalue weighted by Crippen LogP contribution is 2.28. The summed E-state index contributed by atoms with van der Waals surface area (Å²) in [5.74, 6) is 0.502. The molecule has 0 bridgehead atoms. The van der Waals surface area contributed by atoms with Gasteiger partial charge in [0.2, 0.25) is 5.91 Å². The quantitative estimate of drug-likeness (QED) is 0.547. The van der Waals surface area contributed by atoms with Gasteiger partial charge in [-0.1, -0.05) is 11.6 Å². The van der Waals surface area contributed by atoms with Crippen molar-refractivity contribution in [3.8, 4) is 0 Å². The molecule has 0 spiro atoms. The van der Waals surface area contributed by atoms with Gasteiger partial charge < -0.3 is 10.3 Å². The summed E-state index contributed by atoms with van der Waals surface area (Å²) in [6.45, 7) is 5.56. The number of amides is 1. The second kappa shape index (κ2) is 8.70. The molecule has 0 aliphatic heterocycles. The summed E-state index contributed by atoms with van der Waals surface area (Å²) in [4.78, 5) is 34.0. The van der Waals surface area contributed by atoms with Gasteiger partial charge in [0.25, 0.3) is 5.56 Å². The van der Waals surface area contributed by atoms with E-state index in [1.54, 1.807) is 6.92 Å². The highest BCUT2D eigenvalue weighted by Gasteiger charge is 2.18. The molecule has 0 fully saturated rings. The van der Waals surface area contributed by atoms with Crippen LogP contribution in [0.3, 0.4) is 0 Å². The molecule has 0 radical (unpaired) electrons. The molecule has 0 unspecified atom stereocenters. The molecule has 1 amide bonds. The number of benzene rings is 1. The average Bonchev–Trinajstić information content (AvgIpc) is 2.94. The van der Waals surface area contributed by atoms with E-state index in [0.717, 1.165) is 16.7 Å². The molecule has 7 nitrogen and oxygen atoms in total. The lowest BCUT2D eigenvalue weighted by Crippen LogP contribution is -2.23. The number of halogens is 1. The summed E-state index contributed by atoms with van der Waals surface area (Å²) < 4.78 is 23.4. The molecule has 160 valence electrons. The number of fused-ring (bicyclic) bond motifs is 1. The first kappa shape index (κ1) is 22.8. The molecule has 0 saturated carbocycles. The summed E-state index contributed by atoms with van der Waals surface area (Å²) in [6, 6.07) is 4.15. The number of nitrogens with zero attached hydrogens (tertiary/aromatic N) is 1. The summed E-state index contributed by atoms with van der Waals surface area (Å²) >= 11 is 8.86. The predicted octanol–water partition coefficient (Wildman–Crippen LogP) is 3.92. The third-order valence-electron chi connectivity index (χ3n) is 4.55. The van der Waals surface area contributed by atoms with Gasteiger partial charge in [-0.05, 0) is 44.5 Å². The Morgan fingerprint density at radius 3 is 2.73 bits per heavy atom. The van der Waals surface area contributed by atoms with E-state index in [-0.39, 0.29) is 27.1 Å². The maximum absolute atomic E-state index is 12.5. The Hall–Kier alpha value is -1.88. The molecule has 11 heteroatoms. The Morgan fingerprint density at radius 2 is 2.07 bits per heavy atom. The van der Waals surface area contributed by atoms with Gasteiger partial charge in [-0.3, -0.25) is 9.59 Å². The van der Waals surface area contributed by atoms with Crippen molar-refractivity contribution in [3.05, 3.63) is 49.8 Å². The number of carbonyl (C=O) groups is 1. The van der Waals surface area contributed by atoms with Crippen LogP contribution in [0.15, 0.2) is 27.9 Å². The molecule has 0 aliphatic rings. The number of aromatic amines is 1. The summed E-state index contributed by atoms with van der Waals surface area (Å²) in [5, 5.41) is 3.03. The van der Waals surface area contributed by atoms with Gasteiger partial charge in [-0.2, -0.15) is 0 Å². The van der Waals surface area contributed by atoms with Crippen LogP contribution in [-0.4, -0.2) is 35.8 Å². The summed E-state index contributed by atoms with van der Waals surface area (Å²) in [5.41, 5.74) is 0.984. The van der Waals surface area contributed by atoms with Crippen LogP contribution in [0.4, 0.5) is 5.69 Å². The molecule has 2 aromatic heterocycles. The zero-order chi connectivity index (χ0) is 22.2. The van der Waals surface area contributed by atoms with Crippen LogP contribution in [0.1, 0.15) is 23.2 Å². The molecule has 2 N–H and O–H groups in total. The maximum Gasteiger partial charge on any atom is 0.259 e. The van der Waals surface area contributed by atoms with Gasteiger partial charge in [0, 0.05) is 11.1 Å². The number of thioether (sulfide) groups is 1. The number of sulfone groups is 1. The van der Waals surface area contributed by atoms with Crippen LogP contribution >= 0.6 is 34.7 Å². The van der Waals surface area contributed by atoms with E-state index in [1.807, 2.05) is 13.8 Å². The van der Waals surface area contributed by atoms with Crippen molar-refractivity contribution in [1.29, 1.82) is 0 Å². The topological polar surface area (TPSA) is 109 Å². The fraction of sp³-hybridized carbons (Fsp3) is 0.316. The normalized spacial score (nSPS) is 12.8. The third-order valence-corrected chi connectivity index (χ3v) is 8.25. The van der Waals surface area contributed by atoms with Crippen molar-refractivity contribution in [2.75, 3.05) is 11.6 Å². The van der Waals surface area contributed by atoms with Crippen molar-refractivity contribution < 1.29 is 13.2 Å². The van der Waals surface area contributed by atoms with Crippen molar-refractivity contribution in [2.45, 2.75) is 36.7 Å². The fourth-order valence-electron chi connectivity index (χ4n) is 2.71. The van der Waals surface area contributed by atoms with Crippen molar-refractivity contribution in [3.63, 3.8) is 0 Å². The van der Waals surface area contributed by atoms with Gasteiger partial charge >= 0.3 is 0 Å². The Kier molecular flexibility index (Phi) is 6.61. The summed E-state index contributed by atoms with van der Waals surface area (Å²) in [6.07, 6.45) is 1.08. The van der Waals surface area contributed by atoms with Crippen molar-refractivity contribution >= 4 is 66.3 Å². The molecular formula is C19H20ClN3O4S3. The van der Waals surface area contributed by atoms with E-state index in [0.29, 0.717) is 21.8 Å². The number of hydrogen-bond acceptors (Lipinski definition) is 7. The van der Waals surface area contributed by atoms with Gasteiger partial charge in [0.05, 0.1) is 32.0 Å². The number of thiophene rings is 1. The minimum atomic E-state index is -3.42. The monoisotopic (exact) mass is 485 g/mol. The Bertz CT molecular complexity index is 1300. The number of rotatable bonds is 6. The molecule has 1 atom stereocenters. The molecule has 1 aromatic carbocycles. The number of anilines is 1. The number of aryl methyl sites for hydroxylation is 2. The maximum atomic E-state index is 12.5. The SMILES string of the molecule is Cc1sc2nc(CS[C@@H](C)C(=O)Nc3cc(S(C)(=O)=O)ccc3Cl)[nH]c(=O)c2c1C. The molecule has 3 aromatic rings. The van der Waals surface area contributed by atoms with Crippen LogP contribution in [0, 0.1) is 13.8 Å². The summed E-state index contributed by atoms with van der Waals surface area (Å²) in [7, 11) is -3.42. The Labute approximate surface area is 187 Å². The molecule has 2 heterocycles. The number of carbonyl (C=O) groups excluding carboxylic acids is 1. The number of hydrogen-bond donors (Lipinski definition) is 2. The predicted molar refractivity (Wildman–Crippen MR) is 124 cm³/mol. The lowest BCUT2D eigenvalue weighted by Gasteiger charge is -2.13. The first-order valence-corrected chi connectivity index (χ1v) is 13.0. The van der Waals surface area contributed by atoms with E-state index >= 15 is 0 Å². The standard InChI is InChI=1S/C19H20ClN3O4S3/c1-9-10(2)29-19-16(9)18(25)22-15(23-19)8-28-11(3)17(24)21-14-7-12(30(4,26)27)5-6-13(14)20/h5-7,11H,8H2,1-4H3,(H,21,24)(H,22,23,25)/t11-/m0/s1. The van der Waals surface area contributed by atoms with Gasteiger partial charge in [0.15, 0.2) is 9.84 Å². The van der Waals surface area contributed by atoms with E-state index in [2.05, 4.69) is 15.3 Å². The minimum Gasteiger partial charge on any atom is -0.324 e. The van der Waals surface area contributed by atoms with E-state index in [9.17, 15) is 18.0 Å². The van der Waals surface area contributed by atoms with Crippen LogP contribution in [0.2, 0.25) is 5.02 Å². The fourth-order valence-corrected chi connectivity index (χ4v) is 5.33. The molecular weight excluding hydrogens is 466 g/mol. The van der Waals surface area contributed by atoms with E-state index in [1.165, 1.54) is 41.3 Å². The first-order chi connectivity index (χ1) is 14.0. The van der Waals surface area contributed by atoms with Gasteiger partial charge in [-0.15, -0.1) is 23.1 Å². The Morgan fingerprint density at radius 1 is 1.37 bits per heavy atom. The van der Waals surface area contributed by atoms with Crippen molar-refractivity contribution in [2.24, 2.45) is 0 Å². The average molecular weight is 486 g/mol. The molecule has 3 rings (SSSR count). The smallest absolute Gasteiger partial charge is 0.259 e. The Balaban J connectivity index is 1.71. The van der Waals surface area contributed by atoms with Crippen LogP contribution in [0.5, 0.6) is 0 Å². The van der Waals surface area contributed by atoms with E-state index < -0.39 is 15.1 Å². The van der Waals surface area contributed by atoms with Gasteiger partial charge in [0.1, 0.15) is 10.7 Å². The number of nitrogens with one attached hydrogen (secondary N) is 2. The minimum absolute atomic E-state index is 0.0686. The first-order valence-electron chi connectivity index (χ1n) is 8.88. The molecule has 30 heavy (non-hydrogen) atoms. The largest absolute Gasteiger partial charge is 0.324 e. The molecule has 0 saturated heterocycles. The second-order valence-corrected chi connectivity index (χ2v) is 11.8. The van der Waals surface area contributed by atoms with Crippen molar-refractivity contribution in [1.82, 2.24) is 9.97 Å². The lowest BCUT2D eigenvalue weighted by molar-refractivity contribution is -0.115. The van der Waals surface area contributed by atoms with E-state index in [4.69, 9.17) is 11.6 Å². The highest BCUT2D eigenvalue weighted by molar-refractivity contribution is 7.99. The zero-order valence-corrected chi connectivity index (χ0v) is 19.9. The molecule has 0 aliphatic carbocycles. The third kappa shape index (κ3) is 4.88.